The van der Waals surface area contributed by atoms with Gasteiger partial charge in [-0.25, -0.2) is 5.10 Å². The van der Waals surface area contributed by atoms with Gasteiger partial charge < -0.3 is 9.80 Å². The highest BCUT2D eigenvalue weighted by Crippen LogP contribution is 2.14. The van der Waals surface area contributed by atoms with Crippen molar-refractivity contribution < 1.29 is 9.69 Å². The summed E-state index contributed by atoms with van der Waals surface area (Å²) in [6.07, 6.45) is 4.33. The number of carbonyl (C=O) groups is 1. The lowest BCUT2D eigenvalue weighted by Crippen LogP contribution is -3.14. The van der Waals surface area contributed by atoms with Crippen molar-refractivity contribution in [3.63, 3.8) is 0 Å². The van der Waals surface area contributed by atoms with E-state index in [9.17, 15) is 9.59 Å². The van der Waals surface area contributed by atoms with Gasteiger partial charge in [-0.3, -0.25) is 9.59 Å². The van der Waals surface area contributed by atoms with E-state index in [1.54, 1.807) is 18.2 Å². The van der Waals surface area contributed by atoms with Crippen LogP contribution in [0.4, 0.5) is 0 Å². The Balaban J connectivity index is 1.39. The highest BCUT2D eigenvalue weighted by molar-refractivity contribution is 6.04. The molecule has 0 unspecified atom stereocenters. The van der Waals surface area contributed by atoms with Crippen molar-refractivity contribution in [3.8, 4) is 0 Å². The second kappa shape index (κ2) is 8.19. The average molecular weight is 375 g/mol. The number of carbonyl (C=O) groups excluding carboxylic acids is 1. The summed E-state index contributed by atoms with van der Waals surface area (Å²) in [7, 11) is 0. The number of rotatable bonds is 4. The molecule has 1 aliphatic heterocycles. The van der Waals surface area contributed by atoms with Crippen molar-refractivity contribution in [1.29, 1.82) is 0 Å². The Hall–Kier alpha value is -3.25. The summed E-state index contributed by atoms with van der Waals surface area (Å²) in [5, 5.41) is 7.59. The fraction of sp³-hybridized carbons (Fsp3) is 0.227. The van der Waals surface area contributed by atoms with Crippen molar-refractivity contribution >= 4 is 22.8 Å². The second-order valence-electron chi connectivity index (χ2n) is 7.01. The molecule has 1 fully saturated rings. The maximum atomic E-state index is 12.9. The molecule has 2 N–H and O–H groups in total. The lowest BCUT2D eigenvalue weighted by atomic mass is 10.1. The average Bonchev–Trinajstić information content (AvgIpc) is 2.75. The molecule has 0 radical (unpaired) electrons. The normalized spacial score (nSPS) is 15.4. The Morgan fingerprint density at radius 3 is 2.46 bits per heavy atom. The summed E-state index contributed by atoms with van der Waals surface area (Å²) >= 11 is 0. The van der Waals surface area contributed by atoms with E-state index >= 15 is 0 Å². The molecule has 6 nitrogen and oxygen atoms in total. The molecule has 0 bridgehead atoms. The number of hydrogen-bond donors (Lipinski definition) is 2. The molecule has 142 valence electrons. The monoisotopic (exact) mass is 375 g/mol. The van der Waals surface area contributed by atoms with Crippen molar-refractivity contribution in [2.24, 2.45) is 0 Å². The summed E-state index contributed by atoms with van der Waals surface area (Å²) < 4.78 is 0. The van der Waals surface area contributed by atoms with Crippen LogP contribution in [0.25, 0.3) is 16.8 Å². The molecule has 28 heavy (non-hydrogen) atoms. The maximum Gasteiger partial charge on any atom is 0.275 e. The minimum Gasteiger partial charge on any atom is -0.329 e. The third-order valence-corrected chi connectivity index (χ3v) is 5.17. The maximum absolute atomic E-state index is 12.9. The number of fused-ring (bicyclic) bond motifs is 1. The number of piperazine rings is 1. The van der Waals surface area contributed by atoms with Crippen LogP contribution in [0, 0.1) is 0 Å². The summed E-state index contributed by atoms with van der Waals surface area (Å²) in [6, 6.07) is 17.4. The Morgan fingerprint density at radius 2 is 1.71 bits per heavy atom. The number of aromatic nitrogens is 2. The molecule has 0 aliphatic carbocycles. The molecule has 2 heterocycles. The van der Waals surface area contributed by atoms with E-state index in [4.69, 9.17) is 0 Å². The van der Waals surface area contributed by atoms with Gasteiger partial charge in [-0.15, -0.1) is 0 Å². The van der Waals surface area contributed by atoms with Crippen molar-refractivity contribution in [3.05, 3.63) is 82.3 Å². The van der Waals surface area contributed by atoms with Gasteiger partial charge in [0.05, 0.1) is 38.1 Å². The fourth-order valence-electron chi connectivity index (χ4n) is 3.58. The van der Waals surface area contributed by atoms with Crippen LogP contribution in [-0.4, -0.2) is 53.7 Å². The molecule has 0 atom stereocenters. The van der Waals surface area contributed by atoms with Crippen LogP contribution in [0.3, 0.4) is 0 Å². The topological polar surface area (TPSA) is 70.5 Å². The van der Waals surface area contributed by atoms with Crippen molar-refractivity contribution in [1.82, 2.24) is 15.1 Å². The first-order valence-electron chi connectivity index (χ1n) is 9.54. The van der Waals surface area contributed by atoms with Crippen LogP contribution in [-0.2, 0) is 0 Å². The number of H-pyrrole nitrogens is 1. The highest BCUT2D eigenvalue weighted by Gasteiger charge is 2.26. The zero-order chi connectivity index (χ0) is 19.3. The predicted octanol–water partition coefficient (Wildman–Crippen LogP) is 0.977. The van der Waals surface area contributed by atoms with Gasteiger partial charge in [0.1, 0.15) is 0 Å². The quantitative estimate of drug-likeness (QED) is 0.714. The van der Waals surface area contributed by atoms with E-state index in [1.807, 2.05) is 29.2 Å². The molecular formula is C22H23N4O2+. The van der Waals surface area contributed by atoms with Gasteiger partial charge in [-0.2, -0.15) is 5.10 Å². The smallest absolute Gasteiger partial charge is 0.275 e. The molecule has 6 heteroatoms. The first-order chi connectivity index (χ1) is 13.7. The van der Waals surface area contributed by atoms with Crippen LogP contribution >= 0.6 is 0 Å². The zero-order valence-corrected chi connectivity index (χ0v) is 15.6. The standard InChI is InChI=1S/C22H22N4O2/c27-21-19-11-5-4-10-18(19)20(23-24-21)22(28)26-15-13-25(14-16-26)12-6-9-17-7-2-1-3-8-17/h1-11H,12-16H2,(H,24,27)/p+1/b9-6+. The summed E-state index contributed by atoms with van der Waals surface area (Å²) in [5.74, 6) is -0.119. The number of amides is 1. The Bertz CT molecular complexity index is 1050. The van der Waals surface area contributed by atoms with E-state index in [1.165, 1.54) is 10.5 Å². The first kappa shape index (κ1) is 18.1. The summed E-state index contributed by atoms with van der Waals surface area (Å²) in [6.45, 7) is 4.10. The molecule has 1 saturated heterocycles. The van der Waals surface area contributed by atoms with Gasteiger partial charge in [-0.1, -0.05) is 54.6 Å². The fourth-order valence-corrected chi connectivity index (χ4v) is 3.58. The predicted molar refractivity (Wildman–Crippen MR) is 109 cm³/mol. The molecular weight excluding hydrogens is 352 g/mol. The van der Waals surface area contributed by atoms with Gasteiger partial charge >= 0.3 is 0 Å². The lowest BCUT2D eigenvalue weighted by molar-refractivity contribution is -0.898. The minimum atomic E-state index is -0.272. The molecule has 1 aliphatic rings. The second-order valence-corrected chi connectivity index (χ2v) is 7.01. The Labute approximate surface area is 163 Å². The van der Waals surface area contributed by atoms with Crippen LogP contribution in [0.2, 0.25) is 0 Å². The van der Waals surface area contributed by atoms with E-state index in [2.05, 4.69) is 34.5 Å². The molecule has 1 aromatic heterocycles. The van der Waals surface area contributed by atoms with Gasteiger partial charge in [0.15, 0.2) is 5.69 Å². The van der Waals surface area contributed by atoms with Crippen molar-refractivity contribution in [2.45, 2.75) is 0 Å². The van der Waals surface area contributed by atoms with Crippen LogP contribution in [0.1, 0.15) is 16.1 Å². The van der Waals surface area contributed by atoms with E-state index in [0.717, 1.165) is 19.6 Å². The van der Waals surface area contributed by atoms with Crippen LogP contribution in [0.15, 0.2) is 65.5 Å². The number of hydrogen-bond acceptors (Lipinski definition) is 3. The zero-order valence-electron chi connectivity index (χ0n) is 15.6. The number of aromatic amines is 1. The molecule has 2 aromatic carbocycles. The SMILES string of the molecule is O=C(c1n[nH]c(=O)c2ccccc12)N1CC[NH+](C/C=C/c2ccccc2)CC1. The Kier molecular flexibility index (Phi) is 5.30. The number of nitrogens with zero attached hydrogens (tertiary/aromatic N) is 2. The van der Waals surface area contributed by atoms with E-state index in [0.29, 0.717) is 29.6 Å². The van der Waals surface area contributed by atoms with Gasteiger partial charge in [0.25, 0.3) is 11.5 Å². The Morgan fingerprint density at radius 1 is 1.04 bits per heavy atom. The lowest BCUT2D eigenvalue weighted by Gasteiger charge is -2.31. The third-order valence-electron chi connectivity index (χ3n) is 5.17. The van der Waals surface area contributed by atoms with Gasteiger partial charge in [0.2, 0.25) is 0 Å². The first-order valence-corrected chi connectivity index (χ1v) is 9.54. The van der Waals surface area contributed by atoms with E-state index in [-0.39, 0.29) is 11.5 Å². The van der Waals surface area contributed by atoms with Crippen LogP contribution in [0.5, 0.6) is 0 Å². The summed E-state index contributed by atoms with van der Waals surface area (Å²) in [4.78, 5) is 28.2. The summed E-state index contributed by atoms with van der Waals surface area (Å²) in [5.41, 5.74) is 1.25. The number of benzene rings is 2. The molecule has 1 amide bonds. The number of nitrogens with one attached hydrogen (secondary N) is 2. The number of quaternary nitrogens is 1. The molecule has 3 aromatic rings. The van der Waals surface area contributed by atoms with Gasteiger partial charge in [0, 0.05) is 5.39 Å². The minimum absolute atomic E-state index is 0.119. The molecule has 0 saturated carbocycles. The van der Waals surface area contributed by atoms with Crippen molar-refractivity contribution in [2.75, 3.05) is 32.7 Å². The van der Waals surface area contributed by atoms with E-state index < -0.39 is 0 Å². The van der Waals surface area contributed by atoms with Gasteiger partial charge in [-0.05, 0) is 17.7 Å². The molecule has 4 rings (SSSR count). The largest absolute Gasteiger partial charge is 0.329 e. The van der Waals surface area contributed by atoms with Crippen LogP contribution < -0.4 is 10.5 Å². The highest BCUT2D eigenvalue weighted by atomic mass is 16.2. The third kappa shape index (κ3) is 3.87. The molecule has 0 spiro atoms.